The fourth-order valence-electron chi connectivity index (χ4n) is 0.542. The number of hydrogen-bond donors (Lipinski definition) is 3. The van der Waals surface area contributed by atoms with Crippen LogP contribution >= 0.6 is 0 Å². The van der Waals surface area contributed by atoms with Crippen molar-refractivity contribution in [2.45, 2.75) is 0 Å². The van der Waals surface area contributed by atoms with E-state index >= 15 is 0 Å². The van der Waals surface area contributed by atoms with E-state index in [4.69, 9.17) is 11.5 Å². The molecule has 0 saturated carbocycles. The molecular weight excluding hydrogens is 116 g/mol. The van der Waals surface area contributed by atoms with E-state index in [9.17, 15) is 0 Å². The van der Waals surface area contributed by atoms with Crippen molar-refractivity contribution in [1.29, 1.82) is 0 Å². The van der Waals surface area contributed by atoms with Crippen LogP contribution in [0, 0.1) is 0 Å². The maximum absolute atomic E-state index is 5.40. The zero-order valence-electron chi connectivity index (χ0n) is 4.83. The zero-order valence-corrected chi connectivity index (χ0v) is 4.83. The van der Waals surface area contributed by atoms with Gasteiger partial charge in [0.2, 0.25) is 0 Å². The van der Waals surface area contributed by atoms with Gasteiger partial charge in [-0.3, -0.25) is 5.10 Å². The third kappa shape index (κ3) is 1.02. The molecule has 0 amide bonds. The van der Waals surface area contributed by atoms with Gasteiger partial charge in [0.15, 0.2) is 0 Å². The monoisotopic (exact) mass is 124 g/mol. The Kier molecular flexibility index (Phi) is 1.40. The summed E-state index contributed by atoms with van der Waals surface area (Å²) in [6, 6.07) is 0. The van der Waals surface area contributed by atoms with Gasteiger partial charge in [-0.05, 0) is 12.3 Å². The average Bonchev–Trinajstić information content (AvgIpc) is 2.18. The number of aromatic nitrogens is 2. The van der Waals surface area contributed by atoms with Crippen molar-refractivity contribution in [2.75, 3.05) is 5.73 Å². The van der Waals surface area contributed by atoms with Crippen LogP contribution in [0.5, 0.6) is 0 Å². The summed E-state index contributed by atoms with van der Waals surface area (Å²) in [4.78, 5) is 0. The minimum absolute atomic E-state index is 0.539. The second kappa shape index (κ2) is 2.21. The van der Waals surface area contributed by atoms with Gasteiger partial charge in [0, 0.05) is 5.56 Å². The highest BCUT2D eigenvalue weighted by atomic mass is 15.1. The van der Waals surface area contributed by atoms with Crippen molar-refractivity contribution in [3.63, 3.8) is 0 Å². The second-order valence-corrected chi connectivity index (χ2v) is 1.60. The Balaban J connectivity index is 2.94. The highest BCUT2D eigenvalue weighted by Crippen LogP contribution is 2.06. The molecule has 0 atom stereocenters. The van der Waals surface area contributed by atoms with Gasteiger partial charge in [-0.25, -0.2) is 0 Å². The third-order valence-corrected chi connectivity index (χ3v) is 0.975. The molecule has 0 bridgehead atoms. The molecular formula is C5H8N4. The molecule has 4 heteroatoms. The molecule has 1 heterocycles. The lowest BCUT2D eigenvalue weighted by Crippen LogP contribution is -1.86. The predicted octanol–water partition coefficient (Wildman–Crippen LogP) is -0.0787. The van der Waals surface area contributed by atoms with Crippen molar-refractivity contribution in [3.8, 4) is 0 Å². The second-order valence-electron chi connectivity index (χ2n) is 1.60. The summed E-state index contributed by atoms with van der Waals surface area (Å²) in [5, 5.41) is 6.26. The number of anilines is 1. The number of aromatic amines is 1. The quantitative estimate of drug-likeness (QED) is 0.490. The molecule has 9 heavy (non-hydrogen) atoms. The maximum atomic E-state index is 5.40. The Labute approximate surface area is 52.5 Å². The highest BCUT2D eigenvalue weighted by molar-refractivity contribution is 5.59. The molecule has 1 rings (SSSR count). The van der Waals surface area contributed by atoms with Gasteiger partial charge in [0.1, 0.15) is 5.82 Å². The van der Waals surface area contributed by atoms with E-state index in [1.807, 2.05) is 0 Å². The molecule has 5 N–H and O–H groups in total. The van der Waals surface area contributed by atoms with Gasteiger partial charge in [0.05, 0.1) is 6.20 Å². The van der Waals surface area contributed by atoms with Crippen LogP contribution in [0.25, 0.3) is 6.08 Å². The molecule has 0 fully saturated rings. The number of nitrogens with two attached hydrogens (primary N) is 2. The molecule has 0 aliphatic rings. The van der Waals surface area contributed by atoms with E-state index in [2.05, 4.69) is 10.2 Å². The normalized spacial score (nSPS) is 10.7. The number of nitrogen functional groups attached to an aromatic ring is 1. The van der Waals surface area contributed by atoms with Crippen LogP contribution in [0.2, 0.25) is 0 Å². The molecule has 0 spiro atoms. The topological polar surface area (TPSA) is 80.7 Å². The first-order valence-corrected chi connectivity index (χ1v) is 2.51. The van der Waals surface area contributed by atoms with Crippen LogP contribution in [-0.2, 0) is 0 Å². The van der Waals surface area contributed by atoms with E-state index in [-0.39, 0.29) is 0 Å². The number of hydrogen-bond acceptors (Lipinski definition) is 3. The molecule has 0 radical (unpaired) electrons. The lowest BCUT2D eigenvalue weighted by atomic mass is 10.3. The molecule has 0 aromatic carbocycles. The molecule has 0 saturated heterocycles. The van der Waals surface area contributed by atoms with Crippen molar-refractivity contribution in [2.24, 2.45) is 5.73 Å². The van der Waals surface area contributed by atoms with E-state index in [0.29, 0.717) is 5.82 Å². The molecule has 4 nitrogen and oxygen atoms in total. The molecule has 0 unspecified atom stereocenters. The van der Waals surface area contributed by atoms with Crippen LogP contribution in [0.15, 0.2) is 12.4 Å². The first-order valence-electron chi connectivity index (χ1n) is 2.51. The first-order chi connectivity index (χ1) is 4.34. The van der Waals surface area contributed by atoms with Gasteiger partial charge >= 0.3 is 0 Å². The molecule has 0 aliphatic carbocycles. The fourth-order valence-corrected chi connectivity index (χ4v) is 0.542. The van der Waals surface area contributed by atoms with Gasteiger partial charge in [-0.15, -0.1) is 0 Å². The fraction of sp³-hybridized carbons (Fsp3) is 0. The van der Waals surface area contributed by atoms with Crippen molar-refractivity contribution in [3.05, 3.63) is 18.0 Å². The number of H-pyrrole nitrogens is 1. The first kappa shape index (κ1) is 5.68. The van der Waals surface area contributed by atoms with Gasteiger partial charge in [0.25, 0.3) is 0 Å². The standard InChI is InChI=1S/C5H8N4/c6-2-1-4-3-8-9-5(4)7/h1-3H,6H2,(H3,7,8,9)/b2-1+. The minimum atomic E-state index is 0.539. The Hall–Kier alpha value is -1.45. The van der Waals surface area contributed by atoms with Gasteiger partial charge in [-0.2, -0.15) is 5.10 Å². The van der Waals surface area contributed by atoms with Crippen molar-refractivity contribution >= 4 is 11.9 Å². The summed E-state index contributed by atoms with van der Waals surface area (Å²) < 4.78 is 0. The lowest BCUT2D eigenvalue weighted by Gasteiger charge is -1.84. The molecule has 48 valence electrons. The van der Waals surface area contributed by atoms with Crippen molar-refractivity contribution < 1.29 is 0 Å². The molecule has 1 aromatic rings. The summed E-state index contributed by atoms with van der Waals surface area (Å²) in [6.07, 6.45) is 4.71. The third-order valence-electron chi connectivity index (χ3n) is 0.975. The van der Waals surface area contributed by atoms with E-state index in [1.54, 1.807) is 12.3 Å². The summed E-state index contributed by atoms with van der Waals surface area (Å²) in [5.41, 5.74) is 11.3. The Bertz CT molecular complexity index is 212. The van der Waals surface area contributed by atoms with Gasteiger partial charge in [-0.1, -0.05) is 0 Å². The Morgan fingerprint density at radius 3 is 2.89 bits per heavy atom. The van der Waals surface area contributed by atoms with Crippen LogP contribution in [0.3, 0.4) is 0 Å². The van der Waals surface area contributed by atoms with Crippen LogP contribution in [-0.4, -0.2) is 10.2 Å². The molecule has 1 aromatic heterocycles. The van der Waals surface area contributed by atoms with E-state index in [1.165, 1.54) is 6.20 Å². The Morgan fingerprint density at radius 2 is 2.44 bits per heavy atom. The SMILES string of the molecule is N/C=C/c1cn[nH]c1N. The number of nitrogens with one attached hydrogen (secondary N) is 1. The van der Waals surface area contributed by atoms with E-state index in [0.717, 1.165) is 5.56 Å². The highest BCUT2D eigenvalue weighted by Gasteiger charge is 1.92. The predicted molar refractivity (Wildman–Crippen MR) is 36.2 cm³/mol. The summed E-state index contributed by atoms with van der Waals surface area (Å²) in [6.45, 7) is 0. The summed E-state index contributed by atoms with van der Waals surface area (Å²) >= 11 is 0. The van der Waals surface area contributed by atoms with Gasteiger partial charge < -0.3 is 11.5 Å². The summed E-state index contributed by atoms with van der Waals surface area (Å²) in [7, 11) is 0. The minimum Gasteiger partial charge on any atom is -0.405 e. The largest absolute Gasteiger partial charge is 0.405 e. The lowest BCUT2D eigenvalue weighted by molar-refractivity contribution is 1.10. The van der Waals surface area contributed by atoms with Crippen LogP contribution in [0.1, 0.15) is 5.56 Å². The summed E-state index contributed by atoms with van der Waals surface area (Å²) in [5.74, 6) is 0.539. The smallest absolute Gasteiger partial charge is 0.126 e. The van der Waals surface area contributed by atoms with Crippen molar-refractivity contribution in [1.82, 2.24) is 10.2 Å². The van der Waals surface area contributed by atoms with E-state index < -0.39 is 0 Å². The number of nitrogens with zero attached hydrogens (tertiary/aromatic N) is 1. The molecule has 0 aliphatic heterocycles. The average molecular weight is 124 g/mol. The Morgan fingerprint density at radius 1 is 1.67 bits per heavy atom. The van der Waals surface area contributed by atoms with Crippen LogP contribution < -0.4 is 11.5 Å². The van der Waals surface area contributed by atoms with Crippen LogP contribution in [0.4, 0.5) is 5.82 Å². The maximum Gasteiger partial charge on any atom is 0.126 e. The zero-order chi connectivity index (χ0) is 6.69. The number of rotatable bonds is 1.